The first-order valence-electron chi connectivity index (χ1n) is 3.40. The Hall–Kier alpha value is 0.130. The molecule has 0 aliphatic rings. The van der Waals surface area contributed by atoms with Crippen molar-refractivity contribution >= 4 is 48.5 Å². The minimum atomic E-state index is -4.19. The highest BCUT2D eigenvalue weighted by Gasteiger charge is 2.25. The molecule has 0 fully saturated rings. The Bertz CT molecular complexity index is 494. The van der Waals surface area contributed by atoms with Gasteiger partial charge in [-0.1, -0.05) is 0 Å². The molecule has 0 saturated carbocycles. The second-order valence-corrected chi connectivity index (χ2v) is 5.82. The molecule has 0 aliphatic heterocycles. The third-order valence-electron chi connectivity index (χ3n) is 1.48. The van der Waals surface area contributed by atoms with Crippen LogP contribution in [0.5, 0.6) is 0 Å². The smallest absolute Gasteiger partial charge is 0.248 e. The predicted molar refractivity (Wildman–Crippen MR) is 61.0 cm³/mol. The van der Waals surface area contributed by atoms with Crippen LogP contribution in [0, 0.1) is 3.57 Å². The van der Waals surface area contributed by atoms with Crippen molar-refractivity contribution in [2.45, 2.75) is 11.3 Å². The number of nitrogens with two attached hydrogens (primary N) is 1. The maximum Gasteiger partial charge on any atom is 0.266 e. The largest absolute Gasteiger partial charge is 0.266 e. The number of primary sulfonamides is 1. The molecule has 0 bridgehead atoms. The average molecular weight is 413 g/mol. The number of aromatic nitrogens is 1. The molecule has 1 aromatic heterocycles. The number of pyridine rings is 1. The van der Waals surface area contributed by atoms with Crippen LogP contribution in [-0.2, 0) is 10.0 Å². The first-order chi connectivity index (χ1) is 6.75. The van der Waals surface area contributed by atoms with Gasteiger partial charge in [-0.3, -0.25) is 0 Å². The molecule has 0 aliphatic carbocycles. The first kappa shape index (κ1) is 13.2. The third-order valence-corrected chi connectivity index (χ3v) is 5.25. The fourth-order valence-electron chi connectivity index (χ4n) is 0.907. The van der Waals surface area contributed by atoms with Gasteiger partial charge in [-0.25, -0.2) is 27.3 Å². The summed E-state index contributed by atoms with van der Waals surface area (Å²) in [7, 11) is -4.19. The van der Waals surface area contributed by atoms with Crippen molar-refractivity contribution in [1.29, 1.82) is 0 Å². The van der Waals surface area contributed by atoms with Crippen LogP contribution in [-0.4, -0.2) is 13.4 Å². The lowest BCUT2D eigenvalue weighted by Gasteiger charge is -2.09. The van der Waals surface area contributed by atoms with Crippen molar-refractivity contribution in [3.63, 3.8) is 0 Å². The molecule has 0 amide bonds. The number of alkyl halides is 2. The van der Waals surface area contributed by atoms with E-state index < -0.39 is 26.9 Å². The Kier molecular flexibility index (Phi) is 4.01. The lowest BCUT2D eigenvalue weighted by atomic mass is 10.3. The first-order valence-corrected chi connectivity index (χ1v) is 6.81. The number of sulfonamides is 1. The number of nitrogens with zero attached hydrogens (tertiary/aromatic N) is 1. The van der Waals surface area contributed by atoms with Gasteiger partial charge in [0.15, 0.2) is 0 Å². The molecule has 0 atom stereocenters. The van der Waals surface area contributed by atoms with Crippen molar-refractivity contribution in [3.8, 4) is 0 Å². The molecule has 0 aromatic carbocycles. The molecule has 2 N–H and O–H groups in total. The standard InChI is InChI=1S/C6H4BrF2IN2O2S/c7-5-3(10)4(15(11,13)14)2(1-12-5)6(8)9/h1,6H,(H2,11,13,14). The van der Waals surface area contributed by atoms with Gasteiger partial charge in [0.1, 0.15) is 9.50 Å². The summed E-state index contributed by atoms with van der Waals surface area (Å²) < 4.78 is 47.4. The second kappa shape index (κ2) is 4.55. The van der Waals surface area contributed by atoms with Crippen LogP contribution in [0.25, 0.3) is 0 Å². The maximum absolute atomic E-state index is 12.5. The van der Waals surface area contributed by atoms with E-state index in [2.05, 4.69) is 20.9 Å². The average Bonchev–Trinajstić information content (AvgIpc) is 2.06. The molecular formula is C6H4BrF2IN2O2S. The van der Waals surface area contributed by atoms with Crippen molar-refractivity contribution in [2.24, 2.45) is 5.14 Å². The van der Waals surface area contributed by atoms with Crippen LogP contribution in [0.15, 0.2) is 15.7 Å². The molecule has 1 heterocycles. The summed E-state index contributed by atoms with van der Waals surface area (Å²) in [5.74, 6) is 0. The van der Waals surface area contributed by atoms with Gasteiger partial charge < -0.3 is 0 Å². The zero-order chi connectivity index (χ0) is 11.8. The van der Waals surface area contributed by atoms with E-state index in [1.807, 2.05) is 0 Å². The fraction of sp³-hybridized carbons (Fsp3) is 0.167. The molecular weight excluding hydrogens is 409 g/mol. The summed E-state index contributed by atoms with van der Waals surface area (Å²) >= 11 is 4.53. The predicted octanol–water partition coefficient (Wildman–Crippen LogP) is 2.03. The highest BCUT2D eigenvalue weighted by Crippen LogP contribution is 2.32. The number of hydrogen-bond donors (Lipinski definition) is 1. The molecule has 9 heteroatoms. The Morgan fingerprint density at radius 2 is 2.07 bits per heavy atom. The summed E-state index contributed by atoms with van der Waals surface area (Å²) in [6, 6.07) is 0. The quantitative estimate of drug-likeness (QED) is 0.596. The summed E-state index contributed by atoms with van der Waals surface area (Å²) in [5, 5.41) is 4.85. The Morgan fingerprint density at radius 3 is 2.47 bits per heavy atom. The third kappa shape index (κ3) is 2.82. The van der Waals surface area contributed by atoms with Crippen LogP contribution in [0.2, 0.25) is 0 Å². The zero-order valence-electron chi connectivity index (χ0n) is 6.92. The normalized spacial score (nSPS) is 12.1. The molecule has 4 nitrogen and oxygen atoms in total. The minimum Gasteiger partial charge on any atom is -0.248 e. The highest BCUT2D eigenvalue weighted by atomic mass is 127. The molecule has 0 radical (unpaired) electrons. The van der Waals surface area contributed by atoms with E-state index in [0.29, 0.717) is 0 Å². The van der Waals surface area contributed by atoms with E-state index in [0.717, 1.165) is 6.20 Å². The van der Waals surface area contributed by atoms with Gasteiger partial charge in [0.25, 0.3) is 6.43 Å². The summed E-state index contributed by atoms with van der Waals surface area (Å²) in [4.78, 5) is 3.00. The van der Waals surface area contributed by atoms with Crippen LogP contribution in [0.3, 0.4) is 0 Å². The molecule has 15 heavy (non-hydrogen) atoms. The summed E-state index contributed by atoms with van der Waals surface area (Å²) in [6.07, 6.45) is -2.15. The van der Waals surface area contributed by atoms with Crippen LogP contribution >= 0.6 is 38.5 Å². The lowest BCUT2D eigenvalue weighted by Crippen LogP contribution is -2.17. The zero-order valence-corrected chi connectivity index (χ0v) is 11.5. The maximum atomic E-state index is 12.5. The Balaban J connectivity index is 3.65. The van der Waals surface area contributed by atoms with E-state index in [4.69, 9.17) is 5.14 Å². The highest BCUT2D eigenvalue weighted by molar-refractivity contribution is 14.1. The van der Waals surface area contributed by atoms with E-state index >= 15 is 0 Å². The van der Waals surface area contributed by atoms with Gasteiger partial charge >= 0.3 is 0 Å². The molecule has 1 aromatic rings. The van der Waals surface area contributed by atoms with Gasteiger partial charge in [-0.05, 0) is 38.5 Å². The molecule has 0 spiro atoms. The van der Waals surface area contributed by atoms with Crippen molar-refractivity contribution in [1.82, 2.24) is 4.98 Å². The number of halogens is 4. The van der Waals surface area contributed by atoms with Crippen LogP contribution in [0.1, 0.15) is 12.0 Å². The number of hydrogen-bond acceptors (Lipinski definition) is 3. The topological polar surface area (TPSA) is 73.1 Å². The van der Waals surface area contributed by atoms with Crippen LogP contribution in [0.4, 0.5) is 8.78 Å². The van der Waals surface area contributed by atoms with E-state index in [-0.39, 0.29) is 8.17 Å². The van der Waals surface area contributed by atoms with Crippen molar-refractivity contribution in [3.05, 3.63) is 19.9 Å². The SMILES string of the molecule is NS(=O)(=O)c1c(C(F)F)cnc(Br)c1I. The minimum absolute atomic E-state index is 0.0490. The van der Waals surface area contributed by atoms with E-state index in [1.54, 1.807) is 22.6 Å². The Morgan fingerprint density at radius 1 is 1.53 bits per heavy atom. The number of rotatable bonds is 2. The fourth-order valence-corrected chi connectivity index (χ4v) is 3.53. The second-order valence-electron chi connectivity index (χ2n) is 2.49. The Labute approximate surface area is 107 Å². The van der Waals surface area contributed by atoms with Crippen molar-refractivity contribution < 1.29 is 17.2 Å². The molecule has 0 saturated heterocycles. The van der Waals surface area contributed by atoms with E-state index in [1.165, 1.54) is 0 Å². The van der Waals surface area contributed by atoms with Gasteiger partial charge in [0, 0.05) is 6.20 Å². The molecule has 0 unspecified atom stereocenters. The van der Waals surface area contributed by atoms with Gasteiger partial charge in [-0.15, -0.1) is 0 Å². The molecule has 1 rings (SSSR count). The van der Waals surface area contributed by atoms with E-state index in [9.17, 15) is 17.2 Å². The molecule has 84 valence electrons. The lowest BCUT2D eigenvalue weighted by molar-refractivity contribution is 0.147. The summed E-state index contributed by atoms with van der Waals surface area (Å²) in [6.45, 7) is 0. The monoisotopic (exact) mass is 412 g/mol. The van der Waals surface area contributed by atoms with Crippen molar-refractivity contribution in [2.75, 3.05) is 0 Å². The summed E-state index contributed by atoms with van der Waals surface area (Å²) in [5.41, 5.74) is -0.690. The van der Waals surface area contributed by atoms with Crippen LogP contribution < -0.4 is 5.14 Å². The van der Waals surface area contributed by atoms with Gasteiger partial charge in [-0.2, -0.15) is 0 Å². The van der Waals surface area contributed by atoms with Gasteiger partial charge in [0.05, 0.1) is 9.13 Å². The van der Waals surface area contributed by atoms with Gasteiger partial charge in [0.2, 0.25) is 10.0 Å².